The van der Waals surface area contributed by atoms with Crippen LogP contribution in [0.2, 0.25) is 0 Å². The number of rotatable bonds is 5. The van der Waals surface area contributed by atoms with Crippen LogP contribution in [0.15, 0.2) is 36.7 Å². The normalized spacial score (nSPS) is 10.2. The minimum atomic E-state index is 0.589. The molecule has 0 spiro atoms. The zero-order chi connectivity index (χ0) is 13.7. The molecule has 0 aliphatic heterocycles. The van der Waals surface area contributed by atoms with Crippen LogP contribution in [0, 0.1) is 0 Å². The lowest BCUT2D eigenvalue weighted by atomic mass is 10.1. The van der Waals surface area contributed by atoms with E-state index in [0.29, 0.717) is 18.9 Å². The van der Waals surface area contributed by atoms with E-state index in [2.05, 4.69) is 4.98 Å². The number of nitrogen functional groups attached to an aromatic ring is 1. The highest BCUT2D eigenvalue weighted by Crippen LogP contribution is 2.34. The molecule has 0 aliphatic carbocycles. The van der Waals surface area contributed by atoms with E-state index in [1.54, 1.807) is 18.5 Å². The van der Waals surface area contributed by atoms with E-state index in [0.717, 1.165) is 22.6 Å². The molecule has 0 radical (unpaired) electrons. The zero-order valence-electron chi connectivity index (χ0n) is 11.2. The Hall–Kier alpha value is -2.23. The summed E-state index contributed by atoms with van der Waals surface area (Å²) in [4.78, 5) is 4.10. The number of benzene rings is 1. The first-order valence-corrected chi connectivity index (χ1v) is 6.35. The molecule has 4 heteroatoms. The third-order valence-electron chi connectivity index (χ3n) is 2.71. The first-order valence-electron chi connectivity index (χ1n) is 6.35. The predicted molar refractivity (Wildman–Crippen MR) is 76.4 cm³/mol. The fourth-order valence-corrected chi connectivity index (χ4v) is 1.87. The van der Waals surface area contributed by atoms with Crippen LogP contribution in [0.5, 0.6) is 11.5 Å². The van der Waals surface area contributed by atoms with Crippen molar-refractivity contribution in [3.8, 4) is 22.6 Å². The molecule has 1 aromatic carbocycles. The van der Waals surface area contributed by atoms with Crippen LogP contribution in [-0.4, -0.2) is 18.2 Å². The lowest BCUT2D eigenvalue weighted by Crippen LogP contribution is -1.99. The Kier molecular flexibility index (Phi) is 4.23. The molecule has 1 heterocycles. The summed E-state index contributed by atoms with van der Waals surface area (Å²) in [6, 6.07) is 7.57. The summed E-state index contributed by atoms with van der Waals surface area (Å²) in [7, 11) is 0. The molecule has 4 nitrogen and oxygen atoms in total. The maximum Gasteiger partial charge on any atom is 0.161 e. The zero-order valence-corrected chi connectivity index (χ0v) is 11.2. The van der Waals surface area contributed by atoms with Crippen LogP contribution in [0.4, 0.5) is 5.69 Å². The van der Waals surface area contributed by atoms with Crippen LogP contribution in [0.3, 0.4) is 0 Å². The Balaban J connectivity index is 2.43. The number of nitrogens with two attached hydrogens (primary N) is 1. The van der Waals surface area contributed by atoms with Gasteiger partial charge in [0, 0.05) is 23.6 Å². The van der Waals surface area contributed by atoms with E-state index in [-0.39, 0.29) is 0 Å². The van der Waals surface area contributed by atoms with Gasteiger partial charge < -0.3 is 15.2 Å². The minimum Gasteiger partial charge on any atom is -0.490 e. The summed E-state index contributed by atoms with van der Waals surface area (Å²) in [5.74, 6) is 1.47. The van der Waals surface area contributed by atoms with Gasteiger partial charge in [-0.25, -0.2) is 0 Å². The largest absolute Gasteiger partial charge is 0.490 e. The second-order valence-corrected chi connectivity index (χ2v) is 3.99. The van der Waals surface area contributed by atoms with E-state index in [9.17, 15) is 0 Å². The van der Waals surface area contributed by atoms with Crippen molar-refractivity contribution in [3.05, 3.63) is 36.7 Å². The molecule has 0 saturated carbocycles. The smallest absolute Gasteiger partial charge is 0.161 e. The summed E-state index contributed by atoms with van der Waals surface area (Å²) in [5.41, 5.74) is 8.52. The highest BCUT2D eigenvalue weighted by Gasteiger charge is 2.09. The highest BCUT2D eigenvalue weighted by atomic mass is 16.5. The molecule has 19 heavy (non-hydrogen) atoms. The number of hydrogen-bond donors (Lipinski definition) is 1. The quantitative estimate of drug-likeness (QED) is 0.895. The van der Waals surface area contributed by atoms with Crippen LogP contribution < -0.4 is 15.2 Å². The minimum absolute atomic E-state index is 0.589. The molecule has 0 aliphatic rings. The second-order valence-electron chi connectivity index (χ2n) is 3.99. The molecule has 0 fully saturated rings. The Bertz CT molecular complexity index is 556. The third-order valence-corrected chi connectivity index (χ3v) is 2.71. The number of nitrogens with zero attached hydrogens (tertiary/aromatic N) is 1. The SMILES string of the molecule is CCOc1ccc(-c2cnccc2N)cc1OCC. The first-order chi connectivity index (χ1) is 9.26. The number of pyridine rings is 1. The van der Waals surface area contributed by atoms with Crippen LogP contribution in [0.1, 0.15) is 13.8 Å². The van der Waals surface area contributed by atoms with Gasteiger partial charge in [0.05, 0.1) is 13.2 Å². The van der Waals surface area contributed by atoms with Crippen molar-refractivity contribution >= 4 is 5.69 Å². The maximum absolute atomic E-state index is 5.96. The molecular weight excluding hydrogens is 240 g/mol. The van der Waals surface area contributed by atoms with Crippen molar-refractivity contribution in [2.24, 2.45) is 0 Å². The van der Waals surface area contributed by atoms with Crippen molar-refractivity contribution < 1.29 is 9.47 Å². The van der Waals surface area contributed by atoms with Gasteiger partial charge in [-0.2, -0.15) is 0 Å². The molecule has 1 aromatic heterocycles. The van der Waals surface area contributed by atoms with Gasteiger partial charge in [0.1, 0.15) is 0 Å². The van der Waals surface area contributed by atoms with Crippen LogP contribution in [0.25, 0.3) is 11.1 Å². The molecule has 0 saturated heterocycles. The van der Waals surface area contributed by atoms with Gasteiger partial charge >= 0.3 is 0 Å². The van der Waals surface area contributed by atoms with Crippen molar-refractivity contribution in [2.75, 3.05) is 18.9 Å². The molecular formula is C15H18N2O2. The Labute approximate surface area is 113 Å². The molecule has 2 N–H and O–H groups in total. The monoisotopic (exact) mass is 258 g/mol. The highest BCUT2D eigenvalue weighted by molar-refractivity contribution is 5.76. The number of hydrogen-bond acceptors (Lipinski definition) is 4. The topological polar surface area (TPSA) is 57.4 Å². The number of ether oxygens (including phenoxy) is 2. The van der Waals surface area contributed by atoms with E-state index in [1.807, 2.05) is 32.0 Å². The Morgan fingerprint density at radius 1 is 1.05 bits per heavy atom. The van der Waals surface area contributed by atoms with E-state index in [1.165, 1.54) is 0 Å². The molecule has 0 amide bonds. The second kappa shape index (κ2) is 6.09. The summed E-state index contributed by atoms with van der Waals surface area (Å²) < 4.78 is 11.1. The van der Waals surface area contributed by atoms with Crippen molar-refractivity contribution in [1.29, 1.82) is 0 Å². The van der Waals surface area contributed by atoms with Crippen molar-refractivity contribution in [1.82, 2.24) is 4.98 Å². The molecule has 0 bridgehead atoms. The van der Waals surface area contributed by atoms with Gasteiger partial charge in [-0.1, -0.05) is 6.07 Å². The first kappa shape index (κ1) is 13.2. The predicted octanol–water partition coefficient (Wildman–Crippen LogP) is 3.13. The number of aromatic nitrogens is 1. The average molecular weight is 258 g/mol. The van der Waals surface area contributed by atoms with Crippen LogP contribution in [-0.2, 0) is 0 Å². The van der Waals surface area contributed by atoms with Gasteiger partial charge in [-0.15, -0.1) is 0 Å². The average Bonchev–Trinajstić information content (AvgIpc) is 2.42. The summed E-state index contributed by atoms with van der Waals surface area (Å²) in [5, 5.41) is 0. The standard InChI is InChI=1S/C15H18N2O2/c1-3-18-14-6-5-11(9-15(14)19-4-2)12-10-17-8-7-13(12)16/h5-10H,3-4H2,1-2H3,(H2,16,17). The molecule has 100 valence electrons. The molecule has 0 atom stereocenters. The van der Waals surface area contributed by atoms with E-state index < -0.39 is 0 Å². The molecule has 2 rings (SSSR count). The molecule has 2 aromatic rings. The Morgan fingerprint density at radius 2 is 1.79 bits per heavy atom. The Morgan fingerprint density at radius 3 is 2.47 bits per heavy atom. The lowest BCUT2D eigenvalue weighted by Gasteiger charge is -2.13. The van der Waals surface area contributed by atoms with Gasteiger partial charge in [-0.3, -0.25) is 4.98 Å². The lowest BCUT2D eigenvalue weighted by molar-refractivity contribution is 0.288. The van der Waals surface area contributed by atoms with Gasteiger partial charge in [0.25, 0.3) is 0 Å². The molecule has 0 unspecified atom stereocenters. The fourth-order valence-electron chi connectivity index (χ4n) is 1.87. The number of anilines is 1. The van der Waals surface area contributed by atoms with Gasteiger partial charge in [-0.05, 0) is 37.6 Å². The van der Waals surface area contributed by atoms with E-state index >= 15 is 0 Å². The van der Waals surface area contributed by atoms with Gasteiger partial charge in [0.15, 0.2) is 11.5 Å². The van der Waals surface area contributed by atoms with E-state index in [4.69, 9.17) is 15.2 Å². The summed E-state index contributed by atoms with van der Waals surface area (Å²) >= 11 is 0. The summed E-state index contributed by atoms with van der Waals surface area (Å²) in [6.07, 6.45) is 3.43. The van der Waals surface area contributed by atoms with Gasteiger partial charge in [0.2, 0.25) is 0 Å². The fraction of sp³-hybridized carbons (Fsp3) is 0.267. The third kappa shape index (κ3) is 2.96. The van der Waals surface area contributed by atoms with Crippen molar-refractivity contribution in [2.45, 2.75) is 13.8 Å². The van der Waals surface area contributed by atoms with Crippen molar-refractivity contribution in [3.63, 3.8) is 0 Å². The van der Waals surface area contributed by atoms with Crippen LogP contribution >= 0.6 is 0 Å². The maximum atomic E-state index is 5.96. The summed E-state index contributed by atoms with van der Waals surface area (Å²) in [6.45, 7) is 5.09.